The molecule has 0 aliphatic heterocycles. The van der Waals surface area contributed by atoms with Crippen molar-refractivity contribution in [2.45, 2.75) is 0 Å². The molecule has 2 aromatic heterocycles. The number of pyridine rings is 1. The second-order valence-corrected chi connectivity index (χ2v) is 11.7. The maximum absolute atomic E-state index is 13.5. The summed E-state index contributed by atoms with van der Waals surface area (Å²) in [6, 6.07) is 18.6. The molecule has 0 fully saturated rings. The number of benzene rings is 3. The van der Waals surface area contributed by atoms with E-state index in [1.807, 2.05) is 48.5 Å². The summed E-state index contributed by atoms with van der Waals surface area (Å²) in [5, 5.41) is 4.13. The topological polar surface area (TPSA) is 95.7 Å². The van der Waals surface area contributed by atoms with E-state index in [1.54, 1.807) is 33.5 Å². The lowest BCUT2D eigenvalue weighted by Crippen LogP contribution is -2.13. The second kappa shape index (κ2) is 11.7. The van der Waals surface area contributed by atoms with E-state index in [4.69, 9.17) is 36.5 Å². The Morgan fingerprint density at radius 1 is 0.900 bits per heavy atom. The molecule has 2 heterocycles. The van der Waals surface area contributed by atoms with Crippen molar-refractivity contribution in [1.29, 1.82) is 0 Å². The van der Waals surface area contributed by atoms with Gasteiger partial charge in [0.25, 0.3) is 5.91 Å². The van der Waals surface area contributed by atoms with Crippen LogP contribution in [0.5, 0.6) is 17.2 Å². The Morgan fingerprint density at radius 3 is 2.17 bits per heavy atom. The monoisotopic (exact) mass is 701 g/mol. The van der Waals surface area contributed by atoms with E-state index >= 15 is 0 Å². The zero-order chi connectivity index (χ0) is 28.6. The number of hydrogen-bond donors (Lipinski definition) is 2. The minimum Gasteiger partial charge on any atom is -0.497 e. The maximum atomic E-state index is 13.5. The van der Waals surface area contributed by atoms with Gasteiger partial charge in [-0.25, -0.2) is 4.98 Å². The van der Waals surface area contributed by atoms with Crippen LogP contribution in [0.1, 0.15) is 9.67 Å². The Kier molecular flexibility index (Phi) is 8.23. The first-order valence-electron chi connectivity index (χ1n) is 11.8. The molecule has 0 saturated heterocycles. The van der Waals surface area contributed by atoms with Crippen molar-refractivity contribution in [3.05, 3.63) is 79.5 Å². The van der Waals surface area contributed by atoms with Gasteiger partial charge in [-0.05, 0) is 97.6 Å². The van der Waals surface area contributed by atoms with Gasteiger partial charge in [-0.2, -0.15) is 0 Å². The molecular formula is C29H22Br2ClN3O4S. The summed E-state index contributed by atoms with van der Waals surface area (Å²) < 4.78 is 17.6. The Hall–Kier alpha value is -3.31. The molecule has 0 aliphatic rings. The van der Waals surface area contributed by atoms with Crippen LogP contribution in [0, 0.1) is 0 Å². The Labute approximate surface area is 256 Å². The van der Waals surface area contributed by atoms with Crippen LogP contribution in [0.2, 0.25) is 5.02 Å². The first kappa shape index (κ1) is 28.2. The van der Waals surface area contributed by atoms with Crippen LogP contribution >= 0.6 is 54.8 Å². The molecule has 5 rings (SSSR count). The van der Waals surface area contributed by atoms with Gasteiger partial charge in [0, 0.05) is 24.9 Å². The number of nitrogens with one attached hydrogen (secondary N) is 1. The number of nitrogens with two attached hydrogens (primary N) is 1. The maximum Gasteiger partial charge on any atom is 0.268 e. The molecule has 0 atom stereocenters. The number of aromatic nitrogens is 1. The quantitative estimate of drug-likeness (QED) is 0.176. The molecule has 0 saturated carbocycles. The number of fused-ring (bicyclic) bond motifs is 1. The first-order valence-corrected chi connectivity index (χ1v) is 14.6. The molecule has 0 spiro atoms. The molecule has 0 bridgehead atoms. The van der Waals surface area contributed by atoms with Crippen molar-refractivity contribution >= 4 is 82.3 Å². The summed E-state index contributed by atoms with van der Waals surface area (Å²) in [4.78, 5) is 19.4. The standard InChI is InChI=1S/C29H22Br2ClN3O4S/c1-37-17-7-4-14(5-8-17)21-13-18(15-6-9-22(38-2)23(10-15)39-3)24-25(33)27(40-29(24)34-21)28(36)35-26-19(30)11-16(32)12-20(26)31/h4-13H,33H2,1-3H3,(H,35,36). The smallest absolute Gasteiger partial charge is 0.268 e. The number of carbonyl (C=O) groups excluding carboxylic acids is 1. The van der Waals surface area contributed by atoms with Crippen molar-refractivity contribution in [1.82, 2.24) is 4.98 Å². The molecular weight excluding hydrogens is 682 g/mol. The van der Waals surface area contributed by atoms with E-state index in [0.29, 0.717) is 51.9 Å². The second-order valence-electron chi connectivity index (χ2n) is 8.58. The van der Waals surface area contributed by atoms with Crippen molar-refractivity contribution < 1.29 is 19.0 Å². The highest BCUT2D eigenvalue weighted by molar-refractivity contribution is 9.11. The van der Waals surface area contributed by atoms with Gasteiger partial charge >= 0.3 is 0 Å². The van der Waals surface area contributed by atoms with Crippen molar-refractivity contribution in [3.63, 3.8) is 0 Å². The molecule has 0 unspecified atom stereocenters. The normalized spacial score (nSPS) is 10.9. The van der Waals surface area contributed by atoms with Crippen LogP contribution < -0.4 is 25.3 Å². The van der Waals surface area contributed by atoms with Gasteiger partial charge in [0.05, 0.1) is 38.4 Å². The Bertz CT molecular complexity index is 1740. The van der Waals surface area contributed by atoms with E-state index < -0.39 is 0 Å². The number of methoxy groups -OCH3 is 3. The number of nitrogens with zero attached hydrogens (tertiary/aromatic N) is 1. The highest BCUT2D eigenvalue weighted by atomic mass is 79.9. The number of halogens is 3. The summed E-state index contributed by atoms with van der Waals surface area (Å²) in [6.07, 6.45) is 0. The number of rotatable bonds is 7. The van der Waals surface area contributed by atoms with Crippen LogP contribution in [0.3, 0.4) is 0 Å². The van der Waals surface area contributed by atoms with Gasteiger partial charge in [-0.3, -0.25) is 4.79 Å². The molecule has 5 aromatic rings. The lowest BCUT2D eigenvalue weighted by atomic mass is 9.99. The molecule has 0 aliphatic carbocycles. The zero-order valence-electron chi connectivity index (χ0n) is 21.5. The lowest BCUT2D eigenvalue weighted by Gasteiger charge is -2.13. The zero-order valence-corrected chi connectivity index (χ0v) is 26.2. The van der Waals surface area contributed by atoms with Gasteiger partial charge in [0.15, 0.2) is 11.5 Å². The first-order chi connectivity index (χ1) is 19.2. The van der Waals surface area contributed by atoms with Crippen LogP contribution in [0.15, 0.2) is 69.6 Å². The summed E-state index contributed by atoms with van der Waals surface area (Å²) >= 11 is 14.3. The molecule has 204 valence electrons. The molecule has 1 amide bonds. The average molecular weight is 704 g/mol. The van der Waals surface area contributed by atoms with E-state index in [2.05, 4.69) is 37.2 Å². The van der Waals surface area contributed by atoms with Crippen LogP contribution in [-0.4, -0.2) is 32.2 Å². The third kappa shape index (κ3) is 5.36. The number of ether oxygens (including phenoxy) is 3. The van der Waals surface area contributed by atoms with Gasteiger partial charge in [0.1, 0.15) is 15.5 Å². The molecule has 11 heteroatoms. The van der Waals surface area contributed by atoms with Gasteiger partial charge < -0.3 is 25.3 Å². The average Bonchev–Trinajstić information content (AvgIpc) is 3.30. The molecule has 3 aromatic carbocycles. The number of thiophene rings is 1. The minimum atomic E-state index is -0.367. The fourth-order valence-corrected chi connectivity index (χ4v) is 7.14. The van der Waals surface area contributed by atoms with Crippen LogP contribution in [0.4, 0.5) is 11.4 Å². The number of amides is 1. The van der Waals surface area contributed by atoms with Crippen molar-refractivity contribution in [2.24, 2.45) is 0 Å². The lowest BCUT2D eigenvalue weighted by molar-refractivity contribution is 0.103. The number of nitrogen functional groups attached to an aromatic ring is 1. The fraction of sp³-hybridized carbons (Fsp3) is 0.103. The third-order valence-corrected chi connectivity index (χ3v) is 8.80. The van der Waals surface area contributed by atoms with Crippen LogP contribution in [0.25, 0.3) is 32.6 Å². The Balaban J connectivity index is 1.69. The van der Waals surface area contributed by atoms with E-state index in [-0.39, 0.29) is 5.91 Å². The SMILES string of the molecule is COc1ccc(-c2cc(-c3ccc(OC)c(OC)c3)c3c(N)c(C(=O)Nc4c(Br)cc(Cl)cc4Br)sc3n2)cc1. The van der Waals surface area contributed by atoms with Crippen LogP contribution in [-0.2, 0) is 0 Å². The van der Waals surface area contributed by atoms with Gasteiger partial charge in [-0.15, -0.1) is 11.3 Å². The molecule has 7 nitrogen and oxygen atoms in total. The third-order valence-electron chi connectivity index (χ3n) is 6.23. The predicted molar refractivity (Wildman–Crippen MR) is 169 cm³/mol. The van der Waals surface area contributed by atoms with E-state index in [9.17, 15) is 4.79 Å². The van der Waals surface area contributed by atoms with E-state index in [1.165, 1.54) is 11.3 Å². The van der Waals surface area contributed by atoms with Gasteiger partial charge in [-0.1, -0.05) is 17.7 Å². The summed E-state index contributed by atoms with van der Waals surface area (Å²) in [7, 11) is 4.79. The number of hydrogen-bond acceptors (Lipinski definition) is 7. The highest BCUT2D eigenvalue weighted by Gasteiger charge is 2.23. The molecule has 40 heavy (non-hydrogen) atoms. The summed E-state index contributed by atoms with van der Waals surface area (Å²) in [6.45, 7) is 0. The fourth-order valence-electron chi connectivity index (χ4n) is 4.26. The van der Waals surface area contributed by atoms with E-state index in [0.717, 1.165) is 28.1 Å². The Morgan fingerprint density at radius 2 is 1.55 bits per heavy atom. The summed E-state index contributed by atoms with van der Waals surface area (Å²) in [5.41, 5.74) is 10.8. The molecule has 0 radical (unpaired) electrons. The number of anilines is 2. The number of carbonyl (C=O) groups is 1. The minimum absolute atomic E-state index is 0.331. The summed E-state index contributed by atoms with van der Waals surface area (Å²) in [5.74, 6) is 1.54. The van der Waals surface area contributed by atoms with Crippen molar-refractivity contribution in [2.75, 3.05) is 32.4 Å². The predicted octanol–water partition coefficient (Wildman–Crippen LogP) is 8.67. The highest BCUT2D eigenvalue weighted by Crippen LogP contribution is 2.44. The molecule has 3 N–H and O–H groups in total. The largest absolute Gasteiger partial charge is 0.497 e. The van der Waals surface area contributed by atoms with Crippen molar-refractivity contribution in [3.8, 4) is 39.6 Å². The van der Waals surface area contributed by atoms with Gasteiger partial charge in [0.2, 0.25) is 0 Å².